The van der Waals surface area contributed by atoms with Gasteiger partial charge in [0.15, 0.2) is 11.5 Å². The molecule has 1 aromatic rings. The molecule has 1 heterocycles. The zero-order chi connectivity index (χ0) is 13.8. The van der Waals surface area contributed by atoms with E-state index in [1.807, 2.05) is 0 Å². The van der Waals surface area contributed by atoms with Crippen molar-refractivity contribution in [3.63, 3.8) is 0 Å². The van der Waals surface area contributed by atoms with Gasteiger partial charge in [0.05, 0.1) is 11.0 Å². The fourth-order valence-electron chi connectivity index (χ4n) is 1.51. The van der Waals surface area contributed by atoms with Crippen molar-refractivity contribution in [1.82, 2.24) is 0 Å². The van der Waals surface area contributed by atoms with E-state index in [0.29, 0.717) is 11.5 Å². The Morgan fingerprint density at radius 2 is 2.05 bits per heavy atom. The van der Waals surface area contributed by atoms with Crippen LogP contribution in [0.25, 0.3) is 0 Å². The van der Waals surface area contributed by atoms with E-state index in [4.69, 9.17) is 14.2 Å². The molecule has 0 amide bonds. The third kappa shape index (κ3) is 3.03. The first kappa shape index (κ1) is 12.9. The number of fused-ring (bicyclic) bond motifs is 1. The van der Waals surface area contributed by atoms with Crippen LogP contribution in [0, 0.1) is 10.1 Å². The summed E-state index contributed by atoms with van der Waals surface area (Å²) in [7, 11) is 0. The minimum atomic E-state index is -0.580. The molecule has 1 aliphatic heterocycles. The summed E-state index contributed by atoms with van der Waals surface area (Å²) in [6.45, 7) is 1.31. The lowest BCUT2D eigenvalue weighted by molar-refractivity contribution is -0.385. The zero-order valence-electron chi connectivity index (χ0n) is 10.1. The predicted octanol–water partition coefficient (Wildman–Crippen LogP) is 1.27. The van der Waals surface area contributed by atoms with Gasteiger partial charge in [-0.1, -0.05) is 0 Å². The van der Waals surface area contributed by atoms with Crippen LogP contribution in [0.1, 0.15) is 6.92 Å². The van der Waals surface area contributed by atoms with Crippen LogP contribution in [-0.2, 0) is 9.53 Å². The maximum atomic E-state index is 10.9. The Bertz CT molecular complexity index is 514. The van der Waals surface area contributed by atoms with Crippen LogP contribution in [0.3, 0.4) is 0 Å². The Balaban J connectivity index is 2.10. The number of esters is 1. The van der Waals surface area contributed by atoms with Gasteiger partial charge in [0.1, 0.15) is 13.2 Å². The molecule has 0 N–H and O–H groups in total. The maximum absolute atomic E-state index is 10.9. The monoisotopic (exact) mass is 269 g/mol. The molecular weight excluding hydrogens is 258 g/mol. The highest BCUT2D eigenvalue weighted by molar-refractivity contribution is 5.65. The average molecular weight is 269 g/mol. The summed E-state index contributed by atoms with van der Waals surface area (Å²) in [5.41, 5.74) is -0.230. The summed E-state index contributed by atoms with van der Waals surface area (Å²) < 4.78 is 20.0. The molecule has 8 nitrogen and oxygen atoms in total. The number of hydrogen-bond acceptors (Lipinski definition) is 7. The van der Waals surface area contributed by atoms with Crippen molar-refractivity contribution in [3.8, 4) is 17.2 Å². The second-order valence-electron chi connectivity index (χ2n) is 3.62. The smallest absolute Gasteiger partial charge is 0.314 e. The second-order valence-corrected chi connectivity index (χ2v) is 3.62. The van der Waals surface area contributed by atoms with Gasteiger partial charge < -0.3 is 18.9 Å². The molecule has 0 aliphatic carbocycles. The highest BCUT2D eigenvalue weighted by Gasteiger charge is 2.24. The minimum Gasteiger partial charge on any atom is -0.483 e. The van der Waals surface area contributed by atoms with Crippen molar-refractivity contribution >= 4 is 11.7 Å². The highest BCUT2D eigenvalue weighted by Crippen LogP contribution is 2.41. The minimum absolute atomic E-state index is 0.0140. The number of nitro groups is 1. The zero-order valence-corrected chi connectivity index (χ0v) is 10.1. The molecule has 0 saturated heterocycles. The van der Waals surface area contributed by atoms with Gasteiger partial charge in [-0.3, -0.25) is 14.9 Å². The lowest BCUT2D eigenvalue weighted by Gasteiger charge is -2.07. The molecule has 0 bridgehead atoms. The lowest BCUT2D eigenvalue weighted by Crippen LogP contribution is -2.10. The van der Waals surface area contributed by atoms with Crippen LogP contribution in [0.4, 0.5) is 5.69 Å². The largest absolute Gasteiger partial charge is 0.483 e. The molecule has 0 spiro atoms. The van der Waals surface area contributed by atoms with Gasteiger partial charge in [-0.15, -0.1) is 0 Å². The molecule has 102 valence electrons. The number of carbonyl (C=O) groups is 1. The van der Waals surface area contributed by atoms with Gasteiger partial charge in [-0.25, -0.2) is 0 Å². The summed E-state index contributed by atoms with van der Waals surface area (Å²) in [4.78, 5) is 20.9. The Labute approximate surface area is 108 Å². The fraction of sp³-hybridized carbons (Fsp3) is 0.364. The van der Waals surface area contributed by atoms with Crippen LogP contribution < -0.4 is 14.2 Å². The van der Waals surface area contributed by atoms with Crippen molar-refractivity contribution in [2.75, 3.05) is 20.0 Å². The van der Waals surface area contributed by atoms with Crippen LogP contribution in [0.5, 0.6) is 17.2 Å². The SMILES string of the molecule is CC(=O)OCCOc1cc2c(cc1[N+](=O)[O-])OCO2. The highest BCUT2D eigenvalue weighted by atomic mass is 16.7. The lowest BCUT2D eigenvalue weighted by atomic mass is 10.2. The average Bonchev–Trinajstić information content (AvgIpc) is 2.80. The van der Waals surface area contributed by atoms with E-state index in [0.717, 1.165) is 0 Å². The first-order valence-electron chi connectivity index (χ1n) is 5.42. The van der Waals surface area contributed by atoms with Gasteiger partial charge in [-0.2, -0.15) is 0 Å². The van der Waals surface area contributed by atoms with Gasteiger partial charge >= 0.3 is 11.7 Å². The Kier molecular flexibility index (Phi) is 3.69. The molecule has 0 atom stereocenters. The Morgan fingerprint density at radius 3 is 2.68 bits per heavy atom. The van der Waals surface area contributed by atoms with E-state index in [2.05, 4.69) is 4.74 Å². The third-order valence-electron chi connectivity index (χ3n) is 2.30. The van der Waals surface area contributed by atoms with Gasteiger partial charge in [0, 0.05) is 13.0 Å². The van der Waals surface area contributed by atoms with Crippen LogP contribution in [-0.4, -0.2) is 30.9 Å². The van der Waals surface area contributed by atoms with Crippen LogP contribution in [0.15, 0.2) is 12.1 Å². The van der Waals surface area contributed by atoms with E-state index >= 15 is 0 Å². The molecule has 0 fully saturated rings. The van der Waals surface area contributed by atoms with E-state index < -0.39 is 10.9 Å². The normalized spacial score (nSPS) is 12.1. The number of benzene rings is 1. The molecule has 0 radical (unpaired) electrons. The standard InChI is InChI=1S/C11H11NO7/c1-7(13)16-2-3-17-9-5-11-10(18-6-19-11)4-8(9)12(14)15/h4-5H,2-3,6H2,1H3. The first-order valence-corrected chi connectivity index (χ1v) is 5.42. The summed E-state index contributed by atoms with van der Waals surface area (Å²) in [5, 5.41) is 10.9. The van der Waals surface area contributed by atoms with Gasteiger partial charge in [-0.05, 0) is 0 Å². The maximum Gasteiger partial charge on any atom is 0.314 e. The number of carbonyl (C=O) groups excluding carboxylic acids is 1. The number of hydrogen-bond donors (Lipinski definition) is 0. The van der Waals surface area contributed by atoms with Crippen LogP contribution in [0.2, 0.25) is 0 Å². The third-order valence-corrected chi connectivity index (χ3v) is 2.30. The molecule has 0 saturated carbocycles. The summed E-state index contributed by atoms with van der Waals surface area (Å²) in [5.74, 6) is 0.289. The number of nitrogens with zero attached hydrogens (tertiary/aromatic N) is 1. The number of rotatable bonds is 5. The molecule has 1 aliphatic rings. The summed E-state index contributed by atoms with van der Waals surface area (Å²) >= 11 is 0. The fourth-order valence-corrected chi connectivity index (χ4v) is 1.51. The predicted molar refractivity (Wildman–Crippen MR) is 61.3 cm³/mol. The molecule has 19 heavy (non-hydrogen) atoms. The topological polar surface area (TPSA) is 97.1 Å². The summed E-state index contributed by atoms with van der Waals surface area (Å²) in [6.07, 6.45) is 0. The second kappa shape index (κ2) is 5.42. The van der Waals surface area contributed by atoms with Gasteiger partial charge in [0.2, 0.25) is 12.5 Å². The number of nitro benzene ring substituents is 1. The molecule has 8 heteroatoms. The van der Waals surface area contributed by atoms with Crippen molar-refractivity contribution < 1.29 is 28.7 Å². The Morgan fingerprint density at radius 1 is 1.37 bits per heavy atom. The first-order chi connectivity index (χ1) is 9.08. The van der Waals surface area contributed by atoms with Crippen LogP contribution >= 0.6 is 0 Å². The van der Waals surface area contributed by atoms with Crippen molar-refractivity contribution in [2.45, 2.75) is 6.92 Å². The van der Waals surface area contributed by atoms with E-state index in [9.17, 15) is 14.9 Å². The number of ether oxygens (including phenoxy) is 4. The van der Waals surface area contributed by atoms with E-state index in [-0.39, 0.29) is 31.4 Å². The van der Waals surface area contributed by atoms with Gasteiger partial charge in [0.25, 0.3) is 0 Å². The molecule has 0 aromatic heterocycles. The van der Waals surface area contributed by atoms with Crippen molar-refractivity contribution in [2.24, 2.45) is 0 Å². The van der Waals surface area contributed by atoms with Crippen molar-refractivity contribution in [3.05, 3.63) is 22.2 Å². The molecule has 0 unspecified atom stereocenters. The Hall–Kier alpha value is -2.51. The van der Waals surface area contributed by atoms with Crippen molar-refractivity contribution in [1.29, 1.82) is 0 Å². The quantitative estimate of drug-likeness (QED) is 0.343. The molecular formula is C11H11NO7. The summed E-state index contributed by atoms with van der Waals surface area (Å²) in [6, 6.07) is 2.62. The molecule has 2 rings (SSSR count). The van der Waals surface area contributed by atoms with E-state index in [1.165, 1.54) is 19.1 Å². The molecule has 1 aromatic carbocycles. The van der Waals surface area contributed by atoms with E-state index in [1.54, 1.807) is 0 Å².